The fourth-order valence-corrected chi connectivity index (χ4v) is 2.30. The normalized spacial score (nSPS) is 14.0. The maximum Gasteiger partial charge on any atom is 0.315 e. The summed E-state index contributed by atoms with van der Waals surface area (Å²) in [6.45, 7) is 9.83. The molecular formula is C15H27N3O3. The van der Waals surface area contributed by atoms with Crippen LogP contribution >= 0.6 is 0 Å². The van der Waals surface area contributed by atoms with Crippen molar-refractivity contribution >= 4 is 6.03 Å². The number of aliphatic hydroxyl groups is 1. The van der Waals surface area contributed by atoms with E-state index >= 15 is 0 Å². The highest BCUT2D eigenvalue weighted by Crippen LogP contribution is 2.14. The van der Waals surface area contributed by atoms with Crippen molar-refractivity contribution in [2.45, 2.75) is 59.5 Å². The van der Waals surface area contributed by atoms with E-state index in [1.54, 1.807) is 0 Å². The number of nitrogens with one attached hydrogen (secondary N) is 2. The molecule has 0 spiro atoms. The van der Waals surface area contributed by atoms with Crippen molar-refractivity contribution in [1.82, 2.24) is 15.8 Å². The van der Waals surface area contributed by atoms with E-state index in [1.807, 2.05) is 34.6 Å². The van der Waals surface area contributed by atoms with Crippen LogP contribution in [-0.4, -0.2) is 35.0 Å². The van der Waals surface area contributed by atoms with Gasteiger partial charge in [0.25, 0.3) is 0 Å². The molecule has 3 N–H and O–H groups in total. The van der Waals surface area contributed by atoms with Crippen LogP contribution < -0.4 is 10.6 Å². The van der Waals surface area contributed by atoms with E-state index in [-0.39, 0.29) is 30.6 Å². The van der Waals surface area contributed by atoms with Gasteiger partial charge in [0.1, 0.15) is 5.76 Å². The van der Waals surface area contributed by atoms with E-state index in [9.17, 15) is 4.79 Å². The number of aryl methyl sites for hydroxylation is 2. The zero-order chi connectivity index (χ0) is 16.0. The molecule has 1 rings (SSSR count). The number of urea groups is 1. The molecule has 0 saturated carbocycles. The number of nitrogens with zero attached hydrogens (tertiary/aromatic N) is 1. The maximum absolute atomic E-state index is 12.0. The van der Waals surface area contributed by atoms with Gasteiger partial charge in [-0.3, -0.25) is 0 Å². The van der Waals surface area contributed by atoms with Gasteiger partial charge in [-0.15, -0.1) is 0 Å². The van der Waals surface area contributed by atoms with Crippen LogP contribution in [0.2, 0.25) is 0 Å². The summed E-state index contributed by atoms with van der Waals surface area (Å²) in [5.41, 5.74) is 1.90. The first-order valence-electron chi connectivity index (χ1n) is 7.44. The molecule has 1 aromatic rings. The van der Waals surface area contributed by atoms with Gasteiger partial charge < -0.3 is 20.3 Å². The summed E-state index contributed by atoms with van der Waals surface area (Å²) in [5.74, 6) is 1.07. The molecule has 6 nitrogen and oxygen atoms in total. The molecule has 1 heterocycles. The standard InChI is InChI=1S/C15H27N3O3/c1-9(2)14(6-7-19)17-15(20)16-10(3)8-13-11(4)18-21-12(13)5/h9-10,14,19H,6-8H2,1-5H3,(H2,16,17,20). The quantitative estimate of drug-likeness (QED) is 0.717. The number of amides is 2. The number of carbonyl (C=O) groups excluding carboxylic acids is 1. The Balaban J connectivity index is 2.50. The Morgan fingerprint density at radius 3 is 2.43 bits per heavy atom. The molecule has 1 aromatic heterocycles. The third-order valence-corrected chi connectivity index (χ3v) is 3.63. The van der Waals surface area contributed by atoms with E-state index in [2.05, 4.69) is 15.8 Å². The van der Waals surface area contributed by atoms with E-state index < -0.39 is 0 Å². The Labute approximate surface area is 126 Å². The number of aromatic nitrogens is 1. The Bertz CT molecular complexity index is 438. The van der Waals surface area contributed by atoms with Crippen LogP contribution in [0.4, 0.5) is 4.79 Å². The number of rotatable bonds is 7. The van der Waals surface area contributed by atoms with Crippen LogP contribution in [0.15, 0.2) is 4.52 Å². The Morgan fingerprint density at radius 1 is 1.29 bits per heavy atom. The summed E-state index contributed by atoms with van der Waals surface area (Å²) < 4.78 is 5.12. The molecule has 0 radical (unpaired) electrons. The highest BCUT2D eigenvalue weighted by atomic mass is 16.5. The summed E-state index contributed by atoms with van der Waals surface area (Å²) in [4.78, 5) is 12.0. The van der Waals surface area contributed by atoms with E-state index in [0.717, 1.165) is 17.0 Å². The van der Waals surface area contributed by atoms with Crippen molar-refractivity contribution in [2.24, 2.45) is 5.92 Å². The lowest BCUT2D eigenvalue weighted by atomic mass is 10.0. The topological polar surface area (TPSA) is 87.4 Å². The second-order valence-corrected chi connectivity index (χ2v) is 5.89. The van der Waals surface area contributed by atoms with Crippen molar-refractivity contribution in [3.05, 3.63) is 17.0 Å². The molecule has 0 aliphatic carbocycles. The van der Waals surface area contributed by atoms with Gasteiger partial charge in [0, 0.05) is 24.3 Å². The first-order chi connectivity index (χ1) is 9.85. The van der Waals surface area contributed by atoms with Crippen molar-refractivity contribution in [3.8, 4) is 0 Å². The average Bonchev–Trinajstić information content (AvgIpc) is 2.69. The fourth-order valence-electron chi connectivity index (χ4n) is 2.30. The van der Waals surface area contributed by atoms with Crippen LogP contribution in [0.3, 0.4) is 0 Å². The molecule has 2 atom stereocenters. The molecule has 0 aromatic carbocycles. The lowest BCUT2D eigenvalue weighted by Gasteiger charge is -2.23. The summed E-state index contributed by atoms with van der Waals surface area (Å²) >= 11 is 0. The highest BCUT2D eigenvalue weighted by Gasteiger charge is 2.18. The van der Waals surface area contributed by atoms with E-state index in [4.69, 9.17) is 9.63 Å². The van der Waals surface area contributed by atoms with Crippen molar-refractivity contribution in [3.63, 3.8) is 0 Å². The SMILES string of the molecule is Cc1noc(C)c1CC(C)NC(=O)NC(CCO)C(C)C. The van der Waals surface area contributed by atoms with Crippen LogP contribution in [0, 0.1) is 19.8 Å². The minimum absolute atomic E-state index is 0.0243. The first kappa shape index (κ1) is 17.5. The molecule has 120 valence electrons. The molecule has 0 aliphatic heterocycles. The highest BCUT2D eigenvalue weighted by molar-refractivity contribution is 5.74. The van der Waals surface area contributed by atoms with Gasteiger partial charge >= 0.3 is 6.03 Å². The summed E-state index contributed by atoms with van der Waals surface area (Å²) in [6, 6.07) is -0.258. The smallest absolute Gasteiger partial charge is 0.315 e. The Kier molecular flexibility index (Phi) is 6.68. The van der Waals surface area contributed by atoms with Crippen molar-refractivity contribution in [1.29, 1.82) is 0 Å². The van der Waals surface area contributed by atoms with Crippen molar-refractivity contribution in [2.75, 3.05) is 6.61 Å². The molecule has 0 fully saturated rings. The average molecular weight is 297 g/mol. The zero-order valence-corrected chi connectivity index (χ0v) is 13.6. The van der Waals surface area contributed by atoms with Crippen LogP contribution in [0.5, 0.6) is 0 Å². The van der Waals surface area contributed by atoms with Crippen LogP contribution in [0.1, 0.15) is 44.2 Å². The molecular weight excluding hydrogens is 270 g/mol. The lowest BCUT2D eigenvalue weighted by Crippen LogP contribution is -2.48. The van der Waals surface area contributed by atoms with E-state index in [0.29, 0.717) is 12.8 Å². The third kappa shape index (κ3) is 5.38. The fraction of sp³-hybridized carbons (Fsp3) is 0.733. The minimum Gasteiger partial charge on any atom is -0.396 e. The molecule has 2 unspecified atom stereocenters. The van der Waals surface area contributed by atoms with Crippen molar-refractivity contribution < 1.29 is 14.4 Å². The summed E-state index contributed by atoms with van der Waals surface area (Å²) in [6.07, 6.45) is 1.24. The second-order valence-electron chi connectivity index (χ2n) is 5.89. The number of hydrogen-bond acceptors (Lipinski definition) is 4. The molecule has 2 amide bonds. The number of carbonyl (C=O) groups is 1. The van der Waals surface area contributed by atoms with Gasteiger partial charge in [-0.1, -0.05) is 19.0 Å². The molecule has 0 saturated heterocycles. The van der Waals surface area contributed by atoms with Gasteiger partial charge in [0.05, 0.1) is 5.69 Å². The Hall–Kier alpha value is -1.56. The van der Waals surface area contributed by atoms with Gasteiger partial charge in [0.15, 0.2) is 0 Å². The first-order valence-corrected chi connectivity index (χ1v) is 7.44. The van der Waals surface area contributed by atoms with E-state index in [1.165, 1.54) is 0 Å². The number of aliphatic hydroxyl groups excluding tert-OH is 1. The van der Waals surface area contributed by atoms with Crippen LogP contribution in [-0.2, 0) is 6.42 Å². The molecule has 21 heavy (non-hydrogen) atoms. The predicted octanol–water partition coefficient (Wildman–Crippen LogP) is 1.93. The second kappa shape index (κ2) is 8.02. The lowest BCUT2D eigenvalue weighted by molar-refractivity contribution is 0.216. The largest absolute Gasteiger partial charge is 0.396 e. The summed E-state index contributed by atoms with van der Waals surface area (Å²) in [5, 5.41) is 18.8. The van der Waals surface area contributed by atoms with Gasteiger partial charge in [0.2, 0.25) is 0 Å². The Morgan fingerprint density at radius 2 is 1.95 bits per heavy atom. The predicted molar refractivity (Wildman–Crippen MR) is 81.1 cm³/mol. The maximum atomic E-state index is 12.0. The number of hydrogen-bond donors (Lipinski definition) is 3. The molecule has 6 heteroatoms. The van der Waals surface area contributed by atoms with Gasteiger partial charge in [-0.2, -0.15) is 0 Å². The van der Waals surface area contributed by atoms with Gasteiger partial charge in [-0.25, -0.2) is 4.79 Å². The molecule has 0 aliphatic rings. The minimum atomic E-state index is -0.207. The summed E-state index contributed by atoms with van der Waals surface area (Å²) in [7, 11) is 0. The molecule has 0 bridgehead atoms. The monoisotopic (exact) mass is 297 g/mol. The van der Waals surface area contributed by atoms with Crippen LogP contribution in [0.25, 0.3) is 0 Å². The van der Waals surface area contributed by atoms with Gasteiger partial charge in [-0.05, 0) is 39.5 Å². The zero-order valence-electron chi connectivity index (χ0n) is 13.6. The third-order valence-electron chi connectivity index (χ3n) is 3.63.